The van der Waals surface area contributed by atoms with Crippen LogP contribution in [0.3, 0.4) is 0 Å². The molecule has 146 valence electrons. The van der Waals surface area contributed by atoms with Crippen molar-refractivity contribution in [1.29, 1.82) is 5.26 Å². The fourth-order valence-corrected chi connectivity index (χ4v) is 2.88. The number of carbonyl (C=O) groups is 1. The highest BCUT2D eigenvalue weighted by Crippen LogP contribution is 2.35. The average Bonchev–Trinajstić information content (AvgIpc) is 2.61. The molecule has 0 spiro atoms. The van der Waals surface area contributed by atoms with Gasteiger partial charge in [0.2, 0.25) is 5.91 Å². The Labute approximate surface area is 160 Å². The van der Waals surface area contributed by atoms with E-state index in [4.69, 9.17) is 10.5 Å². The van der Waals surface area contributed by atoms with Gasteiger partial charge in [0.15, 0.2) is 0 Å². The van der Waals surface area contributed by atoms with Gasteiger partial charge in [-0.1, -0.05) is 0 Å². The molecule has 2 N–H and O–H groups in total. The highest BCUT2D eigenvalue weighted by molar-refractivity contribution is 5.78. The van der Waals surface area contributed by atoms with Crippen molar-refractivity contribution in [3.05, 3.63) is 17.2 Å². The zero-order valence-electron chi connectivity index (χ0n) is 16.5. The molecule has 0 aliphatic carbocycles. The number of nitriles is 1. The first-order chi connectivity index (χ1) is 12.8. The Morgan fingerprint density at radius 2 is 2.19 bits per heavy atom. The van der Waals surface area contributed by atoms with Crippen molar-refractivity contribution in [1.82, 2.24) is 14.7 Å². The number of hydrogen-bond acceptors (Lipinski definition) is 6. The van der Waals surface area contributed by atoms with Gasteiger partial charge in [-0.2, -0.15) is 5.26 Å². The van der Waals surface area contributed by atoms with Crippen LogP contribution in [0.1, 0.15) is 17.5 Å². The van der Waals surface area contributed by atoms with Crippen molar-refractivity contribution < 1.29 is 9.53 Å². The van der Waals surface area contributed by atoms with Gasteiger partial charge in [0.25, 0.3) is 0 Å². The third kappa shape index (κ3) is 5.34. The molecule has 8 heteroatoms. The maximum atomic E-state index is 11.7. The van der Waals surface area contributed by atoms with E-state index >= 15 is 0 Å². The molecule has 1 amide bonds. The van der Waals surface area contributed by atoms with Crippen LogP contribution in [0.2, 0.25) is 0 Å². The van der Waals surface area contributed by atoms with Crippen LogP contribution in [-0.2, 0) is 4.79 Å². The minimum Gasteiger partial charge on any atom is -0.491 e. The lowest BCUT2D eigenvalue weighted by molar-refractivity contribution is -0.134. The monoisotopic (exact) mass is 372 g/mol. The summed E-state index contributed by atoms with van der Waals surface area (Å²) >= 11 is 0. The van der Waals surface area contributed by atoms with Crippen molar-refractivity contribution in [3.63, 3.8) is 0 Å². The second-order valence-corrected chi connectivity index (χ2v) is 6.93. The molecule has 2 rings (SSSR count). The Kier molecular flexibility index (Phi) is 7.02. The molecule has 0 bridgehead atoms. The molecule has 8 nitrogen and oxygen atoms in total. The van der Waals surface area contributed by atoms with Gasteiger partial charge in [0, 0.05) is 46.3 Å². The van der Waals surface area contributed by atoms with Gasteiger partial charge in [-0.05, 0) is 19.4 Å². The smallest absolute Gasteiger partial charge is 0.236 e. The van der Waals surface area contributed by atoms with Gasteiger partial charge in [-0.15, -0.1) is 0 Å². The third-order valence-electron chi connectivity index (χ3n) is 4.47. The minimum absolute atomic E-state index is 0.148. The molecule has 1 aromatic rings. The van der Waals surface area contributed by atoms with Gasteiger partial charge < -0.3 is 20.3 Å². The number of nitrogen functional groups attached to an aromatic ring is 1. The summed E-state index contributed by atoms with van der Waals surface area (Å²) in [4.78, 5) is 21.7. The molecule has 1 aliphatic rings. The zero-order valence-corrected chi connectivity index (χ0v) is 16.5. The fourth-order valence-electron chi connectivity index (χ4n) is 2.88. The minimum atomic E-state index is 0.148. The van der Waals surface area contributed by atoms with Gasteiger partial charge in [-0.3, -0.25) is 9.69 Å². The van der Waals surface area contributed by atoms with Gasteiger partial charge in [0.05, 0.1) is 36.4 Å². The molecule has 1 heterocycles. The Hall–Kier alpha value is -2.79. The standard InChI is InChI=1S/C19H28N6O2/c1-14-15(11-20)17(22-13-23(2)3)10-16(21)19(14)27-9-5-6-25-8-7-24(4)18(26)12-25/h10,13H,5-9,12,21H2,1-4H3. The number of nitrogens with two attached hydrogens (primary N) is 1. The van der Waals surface area contributed by atoms with Crippen molar-refractivity contribution in [2.75, 3.05) is 59.7 Å². The van der Waals surface area contributed by atoms with Crippen molar-refractivity contribution in [2.24, 2.45) is 4.99 Å². The number of hydrogen-bond donors (Lipinski definition) is 1. The first kappa shape index (κ1) is 20.5. The molecule has 0 unspecified atom stereocenters. The van der Waals surface area contributed by atoms with E-state index in [-0.39, 0.29) is 5.91 Å². The van der Waals surface area contributed by atoms with Crippen LogP contribution in [0.5, 0.6) is 5.75 Å². The van der Waals surface area contributed by atoms with Crippen LogP contribution < -0.4 is 10.5 Å². The zero-order chi connectivity index (χ0) is 20.0. The summed E-state index contributed by atoms with van der Waals surface area (Å²) in [5.74, 6) is 0.680. The molecular formula is C19H28N6O2. The van der Waals surface area contributed by atoms with Crippen LogP contribution >= 0.6 is 0 Å². The van der Waals surface area contributed by atoms with E-state index in [0.717, 1.165) is 26.1 Å². The van der Waals surface area contributed by atoms with Crippen LogP contribution in [-0.4, -0.2) is 80.9 Å². The van der Waals surface area contributed by atoms with Gasteiger partial charge >= 0.3 is 0 Å². The number of anilines is 1. The van der Waals surface area contributed by atoms with Crippen LogP contribution in [0.4, 0.5) is 11.4 Å². The van der Waals surface area contributed by atoms with E-state index in [0.29, 0.717) is 41.4 Å². The molecule has 1 aromatic carbocycles. The Morgan fingerprint density at radius 1 is 1.44 bits per heavy atom. The summed E-state index contributed by atoms with van der Waals surface area (Å²) in [5, 5.41) is 9.49. The molecule has 0 saturated carbocycles. The molecule has 0 atom stereocenters. The Balaban J connectivity index is 1.98. The molecule has 0 radical (unpaired) electrons. The highest BCUT2D eigenvalue weighted by atomic mass is 16.5. The number of benzene rings is 1. The topological polar surface area (TPSA) is 98.2 Å². The molecule has 0 aromatic heterocycles. The van der Waals surface area contributed by atoms with Crippen LogP contribution in [0.25, 0.3) is 0 Å². The molecule has 1 saturated heterocycles. The van der Waals surface area contributed by atoms with E-state index in [9.17, 15) is 10.1 Å². The highest BCUT2D eigenvalue weighted by Gasteiger charge is 2.20. The van der Waals surface area contributed by atoms with E-state index < -0.39 is 0 Å². The maximum Gasteiger partial charge on any atom is 0.236 e. The molecular weight excluding hydrogens is 344 g/mol. The number of amides is 1. The van der Waals surface area contributed by atoms with Crippen molar-refractivity contribution >= 4 is 23.6 Å². The fraction of sp³-hybridized carbons (Fsp3) is 0.526. The molecule has 1 aliphatic heterocycles. The Morgan fingerprint density at radius 3 is 2.81 bits per heavy atom. The number of rotatable bonds is 7. The lowest BCUT2D eigenvalue weighted by Crippen LogP contribution is -2.48. The number of carbonyl (C=O) groups excluding carboxylic acids is 1. The quantitative estimate of drug-likeness (QED) is 0.334. The van der Waals surface area contributed by atoms with Crippen molar-refractivity contribution in [2.45, 2.75) is 13.3 Å². The number of aliphatic imine (C=N–C) groups is 1. The average molecular weight is 372 g/mol. The molecule has 1 fully saturated rings. The van der Waals surface area contributed by atoms with Gasteiger partial charge in [0.1, 0.15) is 11.8 Å². The maximum absolute atomic E-state index is 11.7. The van der Waals surface area contributed by atoms with E-state index in [1.54, 1.807) is 22.2 Å². The second kappa shape index (κ2) is 9.24. The van der Waals surface area contributed by atoms with Crippen LogP contribution in [0.15, 0.2) is 11.1 Å². The third-order valence-corrected chi connectivity index (χ3v) is 4.47. The van der Waals surface area contributed by atoms with E-state index in [1.165, 1.54) is 0 Å². The number of ether oxygens (including phenoxy) is 1. The summed E-state index contributed by atoms with van der Waals surface area (Å²) in [5.41, 5.74) is 8.28. The number of likely N-dealkylation sites (N-methyl/N-ethyl adjacent to an activating group) is 1. The summed E-state index contributed by atoms with van der Waals surface area (Å²) in [6, 6.07) is 3.85. The largest absolute Gasteiger partial charge is 0.491 e. The second-order valence-electron chi connectivity index (χ2n) is 6.93. The van der Waals surface area contributed by atoms with Crippen molar-refractivity contribution in [3.8, 4) is 11.8 Å². The summed E-state index contributed by atoms with van der Waals surface area (Å²) in [6.45, 7) is 5.16. The SMILES string of the molecule is Cc1c(C#N)c(N=CN(C)C)cc(N)c1OCCCN1CCN(C)C(=O)C1. The summed E-state index contributed by atoms with van der Waals surface area (Å²) < 4.78 is 5.87. The van der Waals surface area contributed by atoms with E-state index in [1.807, 2.05) is 28.1 Å². The first-order valence-corrected chi connectivity index (χ1v) is 8.96. The first-order valence-electron chi connectivity index (χ1n) is 8.96. The van der Waals surface area contributed by atoms with Crippen LogP contribution in [0, 0.1) is 18.3 Å². The lowest BCUT2D eigenvalue weighted by Gasteiger charge is -2.31. The Bertz CT molecular complexity index is 754. The number of piperazine rings is 1. The summed E-state index contributed by atoms with van der Waals surface area (Å²) in [6.07, 6.45) is 2.41. The predicted molar refractivity (Wildman–Crippen MR) is 106 cm³/mol. The predicted octanol–water partition coefficient (Wildman–Crippen LogP) is 1.21. The summed E-state index contributed by atoms with van der Waals surface area (Å²) in [7, 11) is 5.54. The number of nitrogens with zero attached hydrogens (tertiary/aromatic N) is 5. The van der Waals surface area contributed by atoms with Gasteiger partial charge in [-0.25, -0.2) is 4.99 Å². The normalized spacial score (nSPS) is 15.2. The van der Waals surface area contributed by atoms with E-state index in [2.05, 4.69) is 16.0 Å². The lowest BCUT2D eigenvalue weighted by atomic mass is 10.1. The molecule has 27 heavy (non-hydrogen) atoms.